The summed E-state index contributed by atoms with van der Waals surface area (Å²) < 4.78 is 17.0. The van der Waals surface area contributed by atoms with Gasteiger partial charge >= 0.3 is 17.9 Å². The van der Waals surface area contributed by atoms with E-state index < -0.39 is 6.10 Å². The Morgan fingerprint density at radius 1 is 0.229 bits per heavy atom. The van der Waals surface area contributed by atoms with Crippen molar-refractivity contribution >= 4 is 17.9 Å². The van der Waals surface area contributed by atoms with Gasteiger partial charge in [0.2, 0.25) is 0 Å². The van der Waals surface area contributed by atoms with Crippen LogP contribution in [0.15, 0.2) is 12.2 Å². The second-order valence-corrected chi connectivity index (χ2v) is 26.3. The van der Waals surface area contributed by atoms with E-state index in [0.29, 0.717) is 19.3 Å². The van der Waals surface area contributed by atoms with Gasteiger partial charge in [-0.2, -0.15) is 0 Å². The normalized spacial score (nSPS) is 12.0. The Morgan fingerprint density at radius 2 is 0.398 bits per heavy atom. The van der Waals surface area contributed by atoms with Crippen molar-refractivity contribution in [2.75, 3.05) is 13.2 Å². The Hall–Kier alpha value is -1.85. The molecular weight excluding hydrogens is 1020 g/mol. The van der Waals surface area contributed by atoms with Gasteiger partial charge in [0.25, 0.3) is 0 Å². The molecule has 0 fully saturated rings. The Labute approximate surface area is 520 Å². The molecule has 0 aliphatic heterocycles. The van der Waals surface area contributed by atoms with Crippen LogP contribution in [0.2, 0.25) is 0 Å². The van der Waals surface area contributed by atoms with E-state index in [0.717, 1.165) is 57.8 Å². The smallest absolute Gasteiger partial charge is 0.306 e. The van der Waals surface area contributed by atoms with Crippen molar-refractivity contribution in [3.05, 3.63) is 12.2 Å². The largest absolute Gasteiger partial charge is 0.462 e. The van der Waals surface area contributed by atoms with Crippen molar-refractivity contribution in [2.24, 2.45) is 0 Å². The number of esters is 3. The molecule has 0 spiro atoms. The number of rotatable bonds is 72. The minimum absolute atomic E-state index is 0.0649. The van der Waals surface area contributed by atoms with Gasteiger partial charge in [0.1, 0.15) is 13.2 Å². The van der Waals surface area contributed by atoms with Crippen LogP contribution in [0, 0.1) is 0 Å². The third kappa shape index (κ3) is 70.8. The first kappa shape index (κ1) is 81.2. The third-order valence-corrected chi connectivity index (χ3v) is 17.8. The Balaban J connectivity index is 4.07. The fourth-order valence-electron chi connectivity index (χ4n) is 12.0. The van der Waals surface area contributed by atoms with Gasteiger partial charge < -0.3 is 14.2 Å². The quantitative estimate of drug-likeness (QED) is 0.0261. The highest BCUT2D eigenvalue weighted by Crippen LogP contribution is 2.20. The average Bonchev–Trinajstić information content (AvgIpc) is 3.49. The molecule has 0 amide bonds. The van der Waals surface area contributed by atoms with Crippen LogP contribution in [0.3, 0.4) is 0 Å². The van der Waals surface area contributed by atoms with Gasteiger partial charge in [-0.05, 0) is 44.9 Å². The number of carbonyl (C=O) groups excluding carboxylic acids is 3. The van der Waals surface area contributed by atoms with E-state index in [1.54, 1.807) is 0 Å². The molecule has 6 heteroatoms. The van der Waals surface area contributed by atoms with Gasteiger partial charge in [-0.15, -0.1) is 0 Å². The van der Waals surface area contributed by atoms with Crippen LogP contribution in [0.25, 0.3) is 0 Å². The van der Waals surface area contributed by atoms with E-state index in [1.165, 1.54) is 347 Å². The number of allylic oxidation sites excluding steroid dienone is 2. The molecule has 0 rings (SSSR count). The van der Waals surface area contributed by atoms with Crippen LogP contribution >= 0.6 is 0 Å². The van der Waals surface area contributed by atoms with Crippen LogP contribution in [-0.4, -0.2) is 37.2 Å². The molecule has 0 aliphatic rings. The first-order valence-electron chi connectivity index (χ1n) is 38.2. The van der Waals surface area contributed by atoms with E-state index in [4.69, 9.17) is 14.2 Å². The summed E-state index contributed by atoms with van der Waals surface area (Å²) in [5, 5.41) is 0. The Bertz CT molecular complexity index is 1300. The predicted octanol–water partition coefficient (Wildman–Crippen LogP) is 26.3. The minimum Gasteiger partial charge on any atom is -0.462 e. The summed E-state index contributed by atoms with van der Waals surface area (Å²) in [4.78, 5) is 38.4. The maximum atomic E-state index is 12.9. The molecule has 0 aliphatic carbocycles. The van der Waals surface area contributed by atoms with Crippen LogP contribution in [-0.2, 0) is 28.6 Å². The molecular formula is C77H148O6. The molecule has 492 valence electrons. The Morgan fingerprint density at radius 3 is 0.602 bits per heavy atom. The lowest BCUT2D eigenvalue weighted by Gasteiger charge is -2.18. The lowest BCUT2D eigenvalue weighted by molar-refractivity contribution is -0.167. The average molecular weight is 1170 g/mol. The zero-order valence-corrected chi connectivity index (χ0v) is 56.8. The zero-order valence-electron chi connectivity index (χ0n) is 56.8. The fraction of sp³-hybridized carbons (Fsp3) is 0.935. The Kier molecular flexibility index (Phi) is 71.0. The standard InChI is InChI=1S/C77H148O6/c1-4-7-10-13-16-19-22-25-28-30-31-32-33-34-35-36-37-38-39-40-41-42-43-44-45-46-48-49-52-55-58-61-64-67-70-76(79)82-73-74(72-81-75(78)69-66-63-60-57-54-51-27-24-21-18-15-12-9-6-3)83-77(80)71-68-65-62-59-56-53-50-47-29-26-23-20-17-14-11-8-5-2/h26,29,74H,4-25,27-28,30-73H2,1-3H3/b29-26-. The van der Waals surface area contributed by atoms with Gasteiger partial charge in [0.15, 0.2) is 6.10 Å². The van der Waals surface area contributed by atoms with E-state index in [2.05, 4.69) is 32.9 Å². The molecule has 1 unspecified atom stereocenters. The molecule has 0 saturated heterocycles. The monoisotopic (exact) mass is 1170 g/mol. The van der Waals surface area contributed by atoms with Crippen molar-refractivity contribution in [1.29, 1.82) is 0 Å². The van der Waals surface area contributed by atoms with Crippen molar-refractivity contribution in [2.45, 2.75) is 451 Å². The van der Waals surface area contributed by atoms with E-state index in [-0.39, 0.29) is 31.1 Å². The first-order chi connectivity index (χ1) is 41.0. The summed E-state index contributed by atoms with van der Waals surface area (Å²) in [6.07, 6.45) is 88.5. The number of unbranched alkanes of at least 4 members (excludes halogenated alkanes) is 59. The van der Waals surface area contributed by atoms with Crippen LogP contribution < -0.4 is 0 Å². The SMILES string of the molecule is CCCCCCCC/C=C\CCCCCCCCCC(=O)OC(COC(=O)CCCCCCCCCCCCCCCC)COC(=O)CCCCCCCCCCCCCCCCCCCCCCCCCCCCCCCCCCCC. The lowest BCUT2D eigenvalue weighted by atomic mass is 10.0. The maximum absolute atomic E-state index is 12.9. The molecule has 0 N–H and O–H groups in total. The number of hydrogen-bond donors (Lipinski definition) is 0. The highest BCUT2D eigenvalue weighted by molar-refractivity contribution is 5.71. The van der Waals surface area contributed by atoms with Gasteiger partial charge in [-0.3, -0.25) is 14.4 Å². The summed E-state index contributed by atoms with van der Waals surface area (Å²) in [5.41, 5.74) is 0. The third-order valence-electron chi connectivity index (χ3n) is 17.8. The van der Waals surface area contributed by atoms with Gasteiger partial charge in [-0.25, -0.2) is 0 Å². The predicted molar refractivity (Wildman–Crippen MR) is 363 cm³/mol. The molecule has 83 heavy (non-hydrogen) atoms. The molecule has 0 aromatic rings. The van der Waals surface area contributed by atoms with Gasteiger partial charge in [0, 0.05) is 19.3 Å². The molecule has 0 aromatic carbocycles. The second kappa shape index (κ2) is 72.6. The van der Waals surface area contributed by atoms with E-state index in [1.807, 2.05) is 0 Å². The maximum Gasteiger partial charge on any atom is 0.306 e. The number of ether oxygens (including phenoxy) is 3. The molecule has 6 nitrogen and oxygen atoms in total. The van der Waals surface area contributed by atoms with Crippen LogP contribution in [0.1, 0.15) is 445 Å². The van der Waals surface area contributed by atoms with Crippen LogP contribution in [0.4, 0.5) is 0 Å². The molecule has 1 atom stereocenters. The van der Waals surface area contributed by atoms with E-state index >= 15 is 0 Å². The highest BCUT2D eigenvalue weighted by Gasteiger charge is 2.20. The number of carbonyl (C=O) groups is 3. The van der Waals surface area contributed by atoms with Crippen molar-refractivity contribution in [3.8, 4) is 0 Å². The minimum atomic E-state index is -0.769. The number of hydrogen-bond acceptors (Lipinski definition) is 6. The lowest BCUT2D eigenvalue weighted by Crippen LogP contribution is -2.30. The highest BCUT2D eigenvalue weighted by atomic mass is 16.6. The molecule has 0 saturated carbocycles. The summed E-state index contributed by atoms with van der Waals surface area (Å²) in [7, 11) is 0. The molecule has 0 heterocycles. The zero-order chi connectivity index (χ0) is 59.9. The van der Waals surface area contributed by atoms with Gasteiger partial charge in [-0.1, -0.05) is 392 Å². The summed E-state index contributed by atoms with van der Waals surface area (Å²) in [5.74, 6) is -0.833. The topological polar surface area (TPSA) is 78.9 Å². The second-order valence-electron chi connectivity index (χ2n) is 26.3. The molecule has 0 bridgehead atoms. The van der Waals surface area contributed by atoms with Crippen molar-refractivity contribution in [3.63, 3.8) is 0 Å². The summed E-state index contributed by atoms with van der Waals surface area (Å²) >= 11 is 0. The summed E-state index contributed by atoms with van der Waals surface area (Å²) in [6, 6.07) is 0. The fourth-order valence-corrected chi connectivity index (χ4v) is 12.0. The van der Waals surface area contributed by atoms with Crippen LogP contribution in [0.5, 0.6) is 0 Å². The van der Waals surface area contributed by atoms with Crippen molar-refractivity contribution < 1.29 is 28.6 Å². The summed E-state index contributed by atoms with van der Waals surface area (Å²) in [6.45, 7) is 6.73. The molecule has 0 radical (unpaired) electrons. The van der Waals surface area contributed by atoms with E-state index in [9.17, 15) is 14.4 Å². The first-order valence-corrected chi connectivity index (χ1v) is 38.2. The van der Waals surface area contributed by atoms with Gasteiger partial charge in [0.05, 0.1) is 0 Å². The van der Waals surface area contributed by atoms with Crippen molar-refractivity contribution in [1.82, 2.24) is 0 Å². The molecule has 0 aromatic heterocycles.